The molecule has 0 saturated heterocycles. The molecule has 2 aliphatic carbocycles. The fourth-order valence-corrected chi connectivity index (χ4v) is 3.28. The second-order valence-corrected chi connectivity index (χ2v) is 7.41. The van der Waals surface area contributed by atoms with Gasteiger partial charge in [0.1, 0.15) is 5.75 Å². The minimum absolute atomic E-state index is 0. The van der Waals surface area contributed by atoms with E-state index >= 15 is 0 Å². The number of guanidine groups is 1. The molecule has 2 aliphatic rings. The van der Waals surface area contributed by atoms with E-state index in [0.29, 0.717) is 12.1 Å². The van der Waals surface area contributed by atoms with Crippen molar-refractivity contribution in [2.24, 2.45) is 4.99 Å². The number of benzene rings is 1. The topological polar surface area (TPSA) is 74.8 Å². The Balaban J connectivity index is 0.00000280. The molecule has 3 rings (SSSR count). The van der Waals surface area contributed by atoms with Crippen LogP contribution in [-0.4, -0.2) is 43.6 Å². The van der Waals surface area contributed by atoms with Gasteiger partial charge in [0.2, 0.25) is 0 Å². The van der Waals surface area contributed by atoms with Crippen molar-refractivity contribution in [1.29, 1.82) is 0 Å². The highest BCUT2D eigenvalue weighted by Crippen LogP contribution is 2.19. The second kappa shape index (κ2) is 12.1. The monoisotopic (exact) mass is 500 g/mol. The number of amides is 1. The summed E-state index contributed by atoms with van der Waals surface area (Å²) in [6, 6.07) is 8.87. The van der Waals surface area contributed by atoms with Crippen molar-refractivity contribution in [2.75, 3.05) is 19.7 Å². The average molecular weight is 500 g/mol. The van der Waals surface area contributed by atoms with Gasteiger partial charge in [-0.05, 0) is 56.7 Å². The van der Waals surface area contributed by atoms with E-state index in [2.05, 4.69) is 22.9 Å². The molecule has 7 heteroatoms. The lowest BCUT2D eigenvalue weighted by atomic mass is 10.1. The summed E-state index contributed by atoms with van der Waals surface area (Å²) in [6.45, 7) is 3.79. The molecule has 2 fully saturated rings. The van der Waals surface area contributed by atoms with Crippen LogP contribution < -0.4 is 20.7 Å². The number of carbonyl (C=O) groups excluding carboxylic acids is 1. The molecule has 156 valence electrons. The zero-order chi connectivity index (χ0) is 18.9. The summed E-state index contributed by atoms with van der Waals surface area (Å²) in [4.78, 5) is 16.4. The van der Waals surface area contributed by atoms with Gasteiger partial charge in [0.05, 0.1) is 0 Å². The van der Waals surface area contributed by atoms with Crippen LogP contribution in [0.25, 0.3) is 0 Å². The van der Waals surface area contributed by atoms with Gasteiger partial charge >= 0.3 is 0 Å². The molecule has 28 heavy (non-hydrogen) atoms. The van der Waals surface area contributed by atoms with Crippen LogP contribution in [-0.2, 0) is 11.2 Å². The summed E-state index contributed by atoms with van der Waals surface area (Å²) in [5.41, 5.74) is 1.21. The number of nitrogens with one attached hydrogen (secondary N) is 3. The highest BCUT2D eigenvalue weighted by Gasteiger charge is 2.23. The maximum Gasteiger partial charge on any atom is 0.258 e. The fraction of sp³-hybridized carbons (Fsp3) is 0.619. The van der Waals surface area contributed by atoms with Gasteiger partial charge in [0.25, 0.3) is 5.91 Å². The minimum Gasteiger partial charge on any atom is -0.484 e. The Morgan fingerprint density at radius 1 is 1.07 bits per heavy atom. The molecule has 1 aromatic rings. The molecule has 1 aromatic carbocycles. The van der Waals surface area contributed by atoms with Gasteiger partial charge in [-0.2, -0.15) is 0 Å². The highest BCUT2D eigenvalue weighted by atomic mass is 127. The summed E-state index contributed by atoms with van der Waals surface area (Å²) < 4.78 is 5.54. The lowest BCUT2D eigenvalue weighted by molar-refractivity contribution is -0.123. The maximum atomic E-state index is 11.7. The SMILES string of the molecule is CCNC(=NCCc1ccc(OCC(=O)NC2CC2)cc1)NC1CCCC1.I. The van der Waals surface area contributed by atoms with E-state index in [9.17, 15) is 4.79 Å². The van der Waals surface area contributed by atoms with Crippen LogP contribution in [0.1, 0.15) is 51.0 Å². The van der Waals surface area contributed by atoms with Gasteiger partial charge in [-0.1, -0.05) is 25.0 Å². The molecule has 6 nitrogen and oxygen atoms in total. The molecule has 0 atom stereocenters. The number of ether oxygens (including phenoxy) is 1. The highest BCUT2D eigenvalue weighted by molar-refractivity contribution is 14.0. The largest absolute Gasteiger partial charge is 0.484 e. The number of hydrogen-bond acceptors (Lipinski definition) is 3. The first-order chi connectivity index (χ1) is 13.2. The van der Waals surface area contributed by atoms with Crippen molar-refractivity contribution in [1.82, 2.24) is 16.0 Å². The van der Waals surface area contributed by atoms with E-state index in [1.165, 1.54) is 31.2 Å². The van der Waals surface area contributed by atoms with Crippen molar-refractivity contribution < 1.29 is 9.53 Å². The number of aliphatic imine (C=N–C) groups is 1. The van der Waals surface area contributed by atoms with Gasteiger partial charge in [-0.3, -0.25) is 9.79 Å². The van der Waals surface area contributed by atoms with Crippen LogP contribution in [0.2, 0.25) is 0 Å². The van der Waals surface area contributed by atoms with Crippen molar-refractivity contribution in [3.63, 3.8) is 0 Å². The number of nitrogens with zero attached hydrogens (tertiary/aromatic N) is 1. The number of hydrogen-bond donors (Lipinski definition) is 3. The smallest absolute Gasteiger partial charge is 0.258 e. The van der Waals surface area contributed by atoms with E-state index in [1.807, 2.05) is 24.3 Å². The van der Waals surface area contributed by atoms with Gasteiger partial charge in [0.15, 0.2) is 12.6 Å². The molecule has 0 aromatic heterocycles. The standard InChI is InChI=1S/C21H32N4O2.HI/c1-2-22-21(25-17-5-3-4-6-17)23-14-13-16-7-11-19(12-8-16)27-15-20(26)24-18-9-10-18;/h7-8,11-12,17-18H,2-6,9-10,13-15H2,1H3,(H,24,26)(H2,22,23,25);1H. The fourth-order valence-electron chi connectivity index (χ4n) is 3.28. The van der Waals surface area contributed by atoms with Crippen molar-refractivity contribution >= 4 is 35.8 Å². The molecule has 0 radical (unpaired) electrons. The van der Waals surface area contributed by atoms with Gasteiger partial charge < -0.3 is 20.7 Å². The first-order valence-electron chi connectivity index (χ1n) is 10.3. The van der Waals surface area contributed by atoms with Crippen molar-refractivity contribution in [3.8, 4) is 5.75 Å². The van der Waals surface area contributed by atoms with E-state index < -0.39 is 0 Å². The average Bonchev–Trinajstić information content (AvgIpc) is 3.33. The molecule has 0 unspecified atom stereocenters. The van der Waals surface area contributed by atoms with Crippen LogP contribution in [0.5, 0.6) is 5.75 Å². The quantitative estimate of drug-likeness (QED) is 0.277. The molecule has 0 spiro atoms. The summed E-state index contributed by atoms with van der Waals surface area (Å²) in [6.07, 6.45) is 8.17. The summed E-state index contributed by atoms with van der Waals surface area (Å²) in [5, 5.41) is 9.79. The Morgan fingerprint density at radius 2 is 1.75 bits per heavy atom. The minimum atomic E-state index is -0.0402. The number of carbonyl (C=O) groups is 1. The molecule has 0 heterocycles. The Kier molecular flexibility index (Phi) is 9.87. The van der Waals surface area contributed by atoms with E-state index in [4.69, 9.17) is 9.73 Å². The van der Waals surface area contributed by atoms with Crippen LogP contribution in [0, 0.1) is 0 Å². The van der Waals surface area contributed by atoms with Gasteiger partial charge in [-0.25, -0.2) is 0 Å². The third-order valence-corrected chi connectivity index (χ3v) is 4.95. The first kappa shape index (κ1) is 22.8. The third kappa shape index (κ3) is 8.24. The Hall–Kier alpha value is -1.51. The van der Waals surface area contributed by atoms with E-state index in [0.717, 1.165) is 44.1 Å². The predicted octanol–water partition coefficient (Wildman–Crippen LogP) is 3.00. The molecular weight excluding hydrogens is 467 g/mol. The molecular formula is C21H33IN4O2. The van der Waals surface area contributed by atoms with Crippen molar-refractivity contribution in [2.45, 2.75) is 64.0 Å². The molecule has 3 N–H and O–H groups in total. The van der Waals surface area contributed by atoms with Crippen LogP contribution >= 0.6 is 24.0 Å². The first-order valence-corrected chi connectivity index (χ1v) is 10.3. The van der Waals surface area contributed by atoms with E-state index in [1.54, 1.807) is 0 Å². The van der Waals surface area contributed by atoms with Crippen molar-refractivity contribution in [3.05, 3.63) is 29.8 Å². The number of halogens is 1. The molecule has 0 bridgehead atoms. The lowest BCUT2D eigenvalue weighted by Crippen LogP contribution is -2.42. The zero-order valence-electron chi connectivity index (χ0n) is 16.7. The van der Waals surface area contributed by atoms with Crippen LogP contribution in [0.3, 0.4) is 0 Å². The normalized spacial score (nSPS) is 17.0. The predicted molar refractivity (Wildman–Crippen MR) is 124 cm³/mol. The summed E-state index contributed by atoms with van der Waals surface area (Å²) in [5.74, 6) is 1.61. The lowest BCUT2D eigenvalue weighted by Gasteiger charge is -2.16. The molecule has 2 saturated carbocycles. The Labute approximate surface area is 185 Å². The molecule has 1 amide bonds. The third-order valence-electron chi connectivity index (χ3n) is 4.95. The van der Waals surface area contributed by atoms with Crippen LogP contribution in [0.15, 0.2) is 29.3 Å². The maximum absolute atomic E-state index is 11.7. The summed E-state index contributed by atoms with van der Waals surface area (Å²) >= 11 is 0. The summed E-state index contributed by atoms with van der Waals surface area (Å²) in [7, 11) is 0. The Morgan fingerprint density at radius 3 is 2.39 bits per heavy atom. The Bertz CT molecular complexity index is 626. The van der Waals surface area contributed by atoms with Gasteiger partial charge in [0, 0.05) is 25.2 Å². The number of rotatable bonds is 9. The van der Waals surface area contributed by atoms with Gasteiger partial charge in [-0.15, -0.1) is 24.0 Å². The molecule has 0 aliphatic heterocycles. The van der Waals surface area contributed by atoms with Crippen LogP contribution in [0.4, 0.5) is 0 Å². The zero-order valence-corrected chi connectivity index (χ0v) is 19.0. The van der Waals surface area contributed by atoms with E-state index in [-0.39, 0.29) is 36.5 Å². The second-order valence-electron chi connectivity index (χ2n) is 7.41.